The van der Waals surface area contributed by atoms with E-state index in [0.717, 1.165) is 12.0 Å². The third-order valence-corrected chi connectivity index (χ3v) is 5.01. The van der Waals surface area contributed by atoms with Crippen molar-refractivity contribution >= 4 is 12.0 Å². The molecule has 0 radical (unpaired) electrons. The summed E-state index contributed by atoms with van der Waals surface area (Å²) >= 11 is 0. The van der Waals surface area contributed by atoms with E-state index in [4.69, 9.17) is 15.2 Å². The molecule has 1 heterocycles. The lowest BCUT2D eigenvalue weighted by atomic mass is 10.1. The highest BCUT2D eigenvalue weighted by atomic mass is 16.6. The number of rotatable bonds is 8. The zero-order valence-corrected chi connectivity index (χ0v) is 19.2. The maximum absolute atomic E-state index is 12.8. The van der Waals surface area contributed by atoms with Crippen LogP contribution >= 0.6 is 0 Å². The van der Waals surface area contributed by atoms with Gasteiger partial charge in [0.2, 0.25) is 0 Å². The van der Waals surface area contributed by atoms with Gasteiger partial charge in [0, 0.05) is 12.1 Å². The normalized spacial score (nSPS) is 11.0. The van der Waals surface area contributed by atoms with Crippen LogP contribution in [0.25, 0.3) is 0 Å². The van der Waals surface area contributed by atoms with E-state index in [2.05, 4.69) is 17.1 Å². The van der Waals surface area contributed by atoms with Crippen LogP contribution in [0, 0.1) is 0 Å². The van der Waals surface area contributed by atoms with Crippen LogP contribution in [-0.2, 0) is 17.8 Å². The molecule has 0 aliphatic carbocycles. The van der Waals surface area contributed by atoms with Crippen LogP contribution in [0.3, 0.4) is 0 Å². The second-order valence-electron chi connectivity index (χ2n) is 8.60. The number of carbonyl (C=O) groups is 2. The van der Waals surface area contributed by atoms with Gasteiger partial charge in [-0.15, -0.1) is 0 Å². The second kappa shape index (κ2) is 10.6. The molecule has 0 saturated carbocycles. The molecule has 3 rings (SSSR count). The predicted molar refractivity (Wildman–Crippen MR) is 126 cm³/mol. The minimum absolute atomic E-state index is 0.159. The number of pyridine rings is 1. The first-order chi connectivity index (χ1) is 15.7. The van der Waals surface area contributed by atoms with Gasteiger partial charge in [0.25, 0.3) is 5.91 Å². The van der Waals surface area contributed by atoms with Crippen molar-refractivity contribution in [1.82, 2.24) is 9.88 Å². The van der Waals surface area contributed by atoms with Crippen molar-refractivity contribution in [2.24, 2.45) is 5.73 Å². The van der Waals surface area contributed by atoms with Crippen LogP contribution in [-0.4, -0.2) is 34.0 Å². The van der Waals surface area contributed by atoms with Gasteiger partial charge in [0.15, 0.2) is 0 Å². The summed E-state index contributed by atoms with van der Waals surface area (Å²) in [6.07, 6.45) is 1.85. The number of ether oxygens (including phenoxy) is 2. The van der Waals surface area contributed by atoms with Gasteiger partial charge in [-0.05, 0) is 62.6 Å². The number of hydrogen-bond acceptors (Lipinski definition) is 5. The average Bonchev–Trinajstić information content (AvgIpc) is 2.79. The molecule has 2 N–H and O–H groups in total. The molecule has 0 aliphatic rings. The first-order valence-electron chi connectivity index (χ1n) is 10.7. The predicted octanol–water partition coefficient (Wildman–Crippen LogP) is 4.95. The Labute approximate surface area is 194 Å². The molecule has 0 spiro atoms. The van der Waals surface area contributed by atoms with Crippen molar-refractivity contribution in [3.05, 3.63) is 89.7 Å². The number of amides is 2. The molecule has 172 valence electrons. The number of hydrogen-bond donors (Lipinski definition) is 1. The summed E-state index contributed by atoms with van der Waals surface area (Å²) in [6.45, 7) is 6.72. The quantitative estimate of drug-likeness (QED) is 0.527. The third kappa shape index (κ3) is 7.07. The molecule has 7 nitrogen and oxygen atoms in total. The van der Waals surface area contributed by atoms with E-state index < -0.39 is 5.91 Å². The van der Waals surface area contributed by atoms with Crippen LogP contribution < -0.4 is 10.5 Å². The Kier molecular flexibility index (Phi) is 7.66. The van der Waals surface area contributed by atoms with Crippen LogP contribution in [0.1, 0.15) is 42.4 Å². The Morgan fingerprint density at radius 3 is 2.15 bits per heavy atom. The summed E-state index contributed by atoms with van der Waals surface area (Å²) < 4.78 is 11.3. The molecule has 2 amide bonds. The van der Waals surface area contributed by atoms with Gasteiger partial charge in [0.1, 0.15) is 23.8 Å². The minimum Gasteiger partial charge on any atom is -0.456 e. The van der Waals surface area contributed by atoms with E-state index in [9.17, 15) is 9.59 Å². The molecular formula is C26H29N3O4. The van der Waals surface area contributed by atoms with Crippen molar-refractivity contribution < 1.29 is 19.1 Å². The summed E-state index contributed by atoms with van der Waals surface area (Å²) in [5.41, 5.74) is 7.02. The summed E-state index contributed by atoms with van der Waals surface area (Å²) in [5.74, 6) is 0.488. The van der Waals surface area contributed by atoms with Crippen LogP contribution in [0.15, 0.2) is 72.9 Å². The van der Waals surface area contributed by atoms with Crippen molar-refractivity contribution in [1.29, 1.82) is 0 Å². The van der Waals surface area contributed by atoms with E-state index in [1.807, 2.05) is 51.1 Å². The van der Waals surface area contributed by atoms with Crippen molar-refractivity contribution in [2.45, 2.75) is 39.3 Å². The highest BCUT2D eigenvalue weighted by Crippen LogP contribution is 2.22. The smallest absolute Gasteiger partial charge is 0.410 e. The van der Waals surface area contributed by atoms with Gasteiger partial charge < -0.3 is 20.1 Å². The van der Waals surface area contributed by atoms with Gasteiger partial charge >= 0.3 is 6.09 Å². The lowest BCUT2D eigenvalue weighted by Gasteiger charge is -2.34. The van der Waals surface area contributed by atoms with Crippen molar-refractivity contribution in [3.63, 3.8) is 0 Å². The zero-order chi connectivity index (χ0) is 23.8. The fraction of sp³-hybridized carbons (Fsp3) is 0.269. The third-order valence-electron chi connectivity index (χ3n) is 5.01. The van der Waals surface area contributed by atoms with E-state index in [1.54, 1.807) is 23.1 Å². The Hall–Kier alpha value is -3.87. The van der Waals surface area contributed by atoms with Gasteiger partial charge in [-0.2, -0.15) is 0 Å². The minimum atomic E-state index is -0.592. The number of nitrogens with zero attached hydrogens (tertiary/aromatic N) is 2. The SMILES string of the molecule is CC(C)(C)N(CCc1ccccc1)C(=O)OCc1ccc(Oc2ccc(C(N)=O)nc2)cc1. The van der Waals surface area contributed by atoms with Crippen LogP contribution in [0.5, 0.6) is 11.5 Å². The number of nitrogens with two attached hydrogens (primary N) is 1. The summed E-state index contributed by atoms with van der Waals surface area (Å²) in [5, 5.41) is 0. The first-order valence-corrected chi connectivity index (χ1v) is 10.7. The molecule has 0 bridgehead atoms. The number of benzene rings is 2. The summed E-state index contributed by atoms with van der Waals surface area (Å²) in [6, 6.07) is 20.4. The van der Waals surface area contributed by atoms with Crippen LogP contribution in [0.2, 0.25) is 0 Å². The topological polar surface area (TPSA) is 94.8 Å². The van der Waals surface area contributed by atoms with Crippen molar-refractivity contribution in [3.8, 4) is 11.5 Å². The largest absolute Gasteiger partial charge is 0.456 e. The summed E-state index contributed by atoms with van der Waals surface area (Å²) in [7, 11) is 0. The lowest BCUT2D eigenvalue weighted by molar-refractivity contribution is 0.0633. The summed E-state index contributed by atoms with van der Waals surface area (Å²) in [4.78, 5) is 29.6. The Morgan fingerprint density at radius 1 is 0.909 bits per heavy atom. The molecule has 0 atom stereocenters. The molecule has 0 fully saturated rings. The first kappa shape index (κ1) is 23.8. The van der Waals surface area contributed by atoms with E-state index >= 15 is 0 Å². The van der Waals surface area contributed by atoms with E-state index in [0.29, 0.717) is 18.0 Å². The maximum atomic E-state index is 12.8. The van der Waals surface area contributed by atoms with Crippen LogP contribution in [0.4, 0.5) is 4.79 Å². The monoisotopic (exact) mass is 447 g/mol. The number of carbonyl (C=O) groups excluding carboxylic acids is 2. The fourth-order valence-corrected chi connectivity index (χ4v) is 3.19. The molecular weight excluding hydrogens is 418 g/mol. The molecule has 1 aromatic heterocycles. The second-order valence-corrected chi connectivity index (χ2v) is 8.60. The number of aromatic nitrogens is 1. The lowest BCUT2D eigenvalue weighted by Crippen LogP contribution is -2.46. The highest BCUT2D eigenvalue weighted by Gasteiger charge is 2.27. The molecule has 33 heavy (non-hydrogen) atoms. The molecule has 7 heteroatoms. The van der Waals surface area contributed by atoms with E-state index in [-0.39, 0.29) is 23.9 Å². The molecule has 0 aliphatic heterocycles. The van der Waals surface area contributed by atoms with Gasteiger partial charge in [0.05, 0.1) is 6.20 Å². The fourth-order valence-electron chi connectivity index (χ4n) is 3.19. The van der Waals surface area contributed by atoms with E-state index in [1.165, 1.54) is 17.8 Å². The maximum Gasteiger partial charge on any atom is 0.410 e. The molecule has 2 aromatic carbocycles. The van der Waals surface area contributed by atoms with Gasteiger partial charge in [-0.1, -0.05) is 42.5 Å². The Balaban J connectivity index is 1.55. The molecule has 0 unspecified atom stereocenters. The van der Waals surface area contributed by atoms with Crippen molar-refractivity contribution in [2.75, 3.05) is 6.54 Å². The molecule has 0 saturated heterocycles. The average molecular weight is 448 g/mol. The highest BCUT2D eigenvalue weighted by molar-refractivity contribution is 5.90. The number of primary amides is 1. The van der Waals surface area contributed by atoms with Gasteiger partial charge in [-0.3, -0.25) is 4.79 Å². The standard InChI is InChI=1S/C26H29N3O4/c1-26(2,3)29(16-15-19-7-5-4-6-8-19)25(31)32-18-20-9-11-21(12-10-20)33-22-13-14-23(24(27)30)28-17-22/h4-14,17H,15-16,18H2,1-3H3,(H2,27,30). The Bertz CT molecular complexity index is 1060. The Morgan fingerprint density at radius 2 is 1.58 bits per heavy atom. The van der Waals surface area contributed by atoms with Gasteiger partial charge in [-0.25, -0.2) is 9.78 Å². The zero-order valence-electron chi connectivity index (χ0n) is 19.2. The molecule has 3 aromatic rings.